The molecule has 3 heterocycles. The Bertz CT molecular complexity index is 664. The van der Waals surface area contributed by atoms with Crippen molar-refractivity contribution < 1.29 is 9.53 Å². The summed E-state index contributed by atoms with van der Waals surface area (Å²) in [4.78, 5) is 15.0. The molecule has 2 aromatic rings. The molecule has 120 valence electrons. The van der Waals surface area contributed by atoms with Crippen molar-refractivity contribution >= 4 is 5.91 Å². The van der Waals surface area contributed by atoms with Gasteiger partial charge in [0.05, 0.1) is 6.10 Å². The Balaban J connectivity index is 1.53. The Morgan fingerprint density at radius 2 is 1.65 bits per heavy atom. The summed E-state index contributed by atoms with van der Waals surface area (Å²) in [6.07, 6.45) is 8.49. The van der Waals surface area contributed by atoms with Crippen molar-refractivity contribution in [2.75, 3.05) is 7.11 Å². The van der Waals surface area contributed by atoms with Crippen molar-refractivity contribution in [2.45, 2.75) is 43.9 Å². The van der Waals surface area contributed by atoms with E-state index in [2.05, 4.69) is 4.90 Å². The van der Waals surface area contributed by atoms with E-state index in [4.69, 9.17) is 4.74 Å². The van der Waals surface area contributed by atoms with Crippen LogP contribution < -0.4 is 0 Å². The van der Waals surface area contributed by atoms with Gasteiger partial charge in [-0.15, -0.1) is 0 Å². The Labute approximate surface area is 136 Å². The van der Waals surface area contributed by atoms with Crippen LogP contribution in [-0.2, 0) is 4.74 Å². The lowest BCUT2D eigenvalue weighted by Crippen LogP contribution is -2.48. The molecule has 1 aromatic heterocycles. The van der Waals surface area contributed by atoms with Gasteiger partial charge in [0.1, 0.15) is 0 Å². The van der Waals surface area contributed by atoms with E-state index in [-0.39, 0.29) is 5.91 Å². The average Bonchev–Trinajstić information content (AvgIpc) is 3.21. The highest BCUT2D eigenvalue weighted by molar-refractivity contribution is 5.95. The monoisotopic (exact) mass is 310 g/mol. The van der Waals surface area contributed by atoms with Gasteiger partial charge >= 0.3 is 0 Å². The minimum Gasteiger partial charge on any atom is -0.381 e. The summed E-state index contributed by atoms with van der Waals surface area (Å²) in [7, 11) is 1.78. The van der Waals surface area contributed by atoms with Crippen LogP contribution in [0.15, 0.2) is 48.8 Å². The molecule has 0 radical (unpaired) electrons. The molecule has 23 heavy (non-hydrogen) atoms. The zero-order valence-electron chi connectivity index (χ0n) is 13.4. The molecule has 4 rings (SSSR count). The van der Waals surface area contributed by atoms with Crippen molar-refractivity contribution in [2.24, 2.45) is 0 Å². The van der Waals surface area contributed by atoms with Gasteiger partial charge < -0.3 is 14.2 Å². The van der Waals surface area contributed by atoms with Crippen LogP contribution in [0.5, 0.6) is 0 Å². The van der Waals surface area contributed by atoms with Crippen LogP contribution in [0.25, 0.3) is 5.69 Å². The molecule has 4 heteroatoms. The van der Waals surface area contributed by atoms with Gasteiger partial charge in [0.25, 0.3) is 5.91 Å². The predicted octanol–water partition coefficient (Wildman–Crippen LogP) is 3.26. The third-order valence-electron chi connectivity index (χ3n) is 5.27. The van der Waals surface area contributed by atoms with Gasteiger partial charge in [0.2, 0.25) is 0 Å². The topological polar surface area (TPSA) is 34.5 Å². The zero-order chi connectivity index (χ0) is 15.8. The summed E-state index contributed by atoms with van der Waals surface area (Å²) in [5.41, 5.74) is 1.86. The Morgan fingerprint density at radius 1 is 1.04 bits per heavy atom. The van der Waals surface area contributed by atoms with Crippen molar-refractivity contribution in [3.05, 3.63) is 54.4 Å². The SMILES string of the molecule is COC1CC2CCC(C1)N2C(=O)c1ccc(-n2cccc2)cc1. The van der Waals surface area contributed by atoms with Gasteiger partial charge in [0, 0.05) is 42.8 Å². The molecule has 0 spiro atoms. The molecule has 1 aromatic carbocycles. The van der Waals surface area contributed by atoms with Gasteiger partial charge in [0.15, 0.2) is 0 Å². The van der Waals surface area contributed by atoms with Crippen LogP contribution in [0.2, 0.25) is 0 Å². The normalized spacial score (nSPS) is 26.5. The fraction of sp³-hybridized carbons (Fsp3) is 0.421. The first-order valence-electron chi connectivity index (χ1n) is 8.35. The molecule has 0 N–H and O–H groups in total. The number of carbonyl (C=O) groups excluding carboxylic acids is 1. The number of fused-ring (bicyclic) bond motifs is 2. The van der Waals surface area contributed by atoms with Crippen molar-refractivity contribution in [1.29, 1.82) is 0 Å². The lowest BCUT2D eigenvalue weighted by molar-refractivity contribution is 0.00822. The zero-order valence-corrected chi connectivity index (χ0v) is 13.4. The number of nitrogens with zero attached hydrogens (tertiary/aromatic N) is 2. The van der Waals surface area contributed by atoms with E-state index < -0.39 is 0 Å². The number of ether oxygens (including phenoxy) is 1. The highest BCUT2D eigenvalue weighted by Gasteiger charge is 2.43. The van der Waals surface area contributed by atoms with Crippen molar-refractivity contribution in [3.8, 4) is 5.69 Å². The first kappa shape index (κ1) is 14.5. The van der Waals surface area contributed by atoms with Crippen LogP contribution in [0.1, 0.15) is 36.0 Å². The molecule has 2 saturated heterocycles. The molecular weight excluding hydrogens is 288 g/mol. The third-order valence-corrected chi connectivity index (χ3v) is 5.27. The number of benzene rings is 1. The molecule has 2 fully saturated rings. The summed E-state index contributed by atoms with van der Waals surface area (Å²) in [6.45, 7) is 0. The molecule has 2 bridgehead atoms. The van der Waals surface area contributed by atoms with E-state index in [1.54, 1.807) is 7.11 Å². The number of hydrogen-bond acceptors (Lipinski definition) is 2. The van der Waals surface area contributed by atoms with E-state index in [1.165, 1.54) is 0 Å². The summed E-state index contributed by atoms with van der Waals surface area (Å²) >= 11 is 0. The smallest absolute Gasteiger partial charge is 0.254 e. The number of piperidine rings is 1. The maximum atomic E-state index is 12.9. The largest absolute Gasteiger partial charge is 0.381 e. The van der Waals surface area contributed by atoms with Crippen molar-refractivity contribution in [1.82, 2.24) is 9.47 Å². The molecule has 2 aliphatic heterocycles. The number of hydrogen-bond donors (Lipinski definition) is 0. The first-order valence-corrected chi connectivity index (χ1v) is 8.35. The first-order chi connectivity index (χ1) is 11.3. The Morgan fingerprint density at radius 3 is 2.22 bits per heavy atom. The average molecular weight is 310 g/mol. The van der Waals surface area contributed by atoms with E-state index in [1.807, 2.05) is 53.4 Å². The lowest BCUT2D eigenvalue weighted by atomic mass is 9.98. The second-order valence-corrected chi connectivity index (χ2v) is 6.56. The standard InChI is InChI=1S/C19H22N2O2/c1-23-18-12-16-8-9-17(13-18)21(16)19(22)14-4-6-15(7-5-14)20-10-2-3-11-20/h2-7,10-11,16-18H,8-9,12-13H2,1H3. The van der Waals surface area contributed by atoms with E-state index in [0.717, 1.165) is 36.9 Å². The van der Waals surface area contributed by atoms with E-state index in [9.17, 15) is 4.79 Å². The highest BCUT2D eigenvalue weighted by atomic mass is 16.5. The minimum absolute atomic E-state index is 0.172. The molecule has 2 atom stereocenters. The number of rotatable bonds is 3. The molecule has 0 aliphatic carbocycles. The summed E-state index contributed by atoms with van der Waals surface area (Å²) in [5, 5.41) is 0. The van der Waals surface area contributed by atoms with Crippen LogP contribution >= 0.6 is 0 Å². The maximum absolute atomic E-state index is 12.9. The molecule has 2 aliphatic rings. The number of carbonyl (C=O) groups is 1. The predicted molar refractivity (Wildman–Crippen MR) is 88.8 cm³/mol. The minimum atomic E-state index is 0.172. The van der Waals surface area contributed by atoms with Gasteiger partial charge in [-0.3, -0.25) is 4.79 Å². The maximum Gasteiger partial charge on any atom is 0.254 e. The molecule has 1 amide bonds. The summed E-state index contributed by atoms with van der Waals surface area (Å²) in [5.74, 6) is 0.172. The fourth-order valence-corrected chi connectivity index (χ4v) is 4.08. The molecule has 4 nitrogen and oxygen atoms in total. The third kappa shape index (κ3) is 2.57. The van der Waals surface area contributed by atoms with E-state index in [0.29, 0.717) is 18.2 Å². The summed E-state index contributed by atoms with van der Waals surface area (Å²) < 4.78 is 7.57. The quantitative estimate of drug-likeness (QED) is 0.872. The van der Waals surface area contributed by atoms with E-state index >= 15 is 0 Å². The molecule has 0 saturated carbocycles. The van der Waals surface area contributed by atoms with Crippen LogP contribution in [0.3, 0.4) is 0 Å². The molecular formula is C19H22N2O2. The van der Waals surface area contributed by atoms with Crippen LogP contribution in [0, 0.1) is 0 Å². The van der Waals surface area contributed by atoms with Gasteiger partial charge in [-0.05, 0) is 62.1 Å². The second kappa shape index (κ2) is 5.85. The van der Waals surface area contributed by atoms with Gasteiger partial charge in [-0.2, -0.15) is 0 Å². The lowest BCUT2D eigenvalue weighted by Gasteiger charge is -2.38. The second-order valence-electron chi connectivity index (χ2n) is 6.56. The summed E-state index contributed by atoms with van der Waals surface area (Å²) in [6, 6.07) is 12.6. The van der Waals surface area contributed by atoms with Gasteiger partial charge in [-0.1, -0.05) is 0 Å². The Hall–Kier alpha value is -2.07. The number of methoxy groups -OCH3 is 1. The number of amides is 1. The molecule has 2 unspecified atom stereocenters. The fourth-order valence-electron chi connectivity index (χ4n) is 4.08. The van der Waals surface area contributed by atoms with Crippen molar-refractivity contribution in [3.63, 3.8) is 0 Å². The van der Waals surface area contributed by atoms with Gasteiger partial charge in [-0.25, -0.2) is 0 Å². The number of aromatic nitrogens is 1. The van der Waals surface area contributed by atoms with Crippen LogP contribution in [-0.4, -0.2) is 40.7 Å². The van der Waals surface area contributed by atoms with Crippen LogP contribution in [0.4, 0.5) is 0 Å². The Kier molecular flexibility index (Phi) is 3.69. The highest BCUT2D eigenvalue weighted by Crippen LogP contribution is 2.37.